The first-order valence-corrected chi connectivity index (χ1v) is 8.70. The molecule has 124 valence electrons. The number of aromatic nitrogens is 3. The number of hydrogen-bond acceptors (Lipinski definition) is 4. The molecule has 0 unspecified atom stereocenters. The van der Waals surface area contributed by atoms with E-state index in [4.69, 9.17) is 0 Å². The first-order valence-electron chi connectivity index (χ1n) is 7.22. The molecule has 1 atom stereocenters. The highest BCUT2D eigenvalue weighted by atomic mass is 32.2. The van der Waals surface area contributed by atoms with Crippen LogP contribution in [0.3, 0.4) is 0 Å². The minimum atomic E-state index is -4.04. The lowest BCUT2D eigenvalue weighted by Gasteiger charge is -2.19. The van der Waals surface area contributed by atoms with Crippen LogP contribution in [-0.4, -0.2) is 23.4 Å². The van der Waals surface area contributed by atoms with E-state index in [0.717, 1.165) is 11.6 Å². The predicted molar refractivity (Wildman–Crippen MR) is 85.9 cm³/mol. The van der Waals surface area contributed by atoms with Gasteiger partial charge in [0.05, 0.1) is 25.0 Å². The van der Waals surface area contributed by atoms with Gasteiger partial charge in [0.2, 0.25) is 10.0 Å². The molecule has 3 aromatic rings. The summed E-state index contributed by atoms with van der Waals surface area (Å²) in [7, 11) is -4.04. The van der Waals surface area contributed by atoms with E-state index in [1.54, 1.807) is 24.3 Å². The summed E-state index contributed by atoms with van der Waals surface area (Å²) >= 11 is 0. The van der Waals surface area contributed by atoms with E-state index in [9.17, 15) is 12.8 Å². The summed E-state index contributed by atoms with van der Waals surface area (Å²) in [6, 6.07) is 13.6. The maximum absolute atomic E-state index is 13.9. The molecule has 0 aliphatic carbocycles. The van der Waals surface area contributed by atoms with E-state index in [2.05, 4.69) is 14.9 Å². The van der Waals surface area contributed by atoms with Crippen molar-refractivity contribution in [2.24, 2.45) is 0 Å². The number of sulfonamides is 1. The minimum absolute atomic E-state index is 0.185. The largest absolute Gasteiger partial charge is 0.244 e. The molecule has 0 saturated heterocycles. The Labute approximate surface area is 139 Å². The first-order chi connectivity index (χ1) is 11.6. The van der Waals surface area contributed by atoms with Crippen LogP contribution in [-0.2, 0) is 16.6 Å². The molecule has 0 spiro atoms. The number of nitrogens with one attached hydrogen (secondary N) is 1. The van der Waals surface area contributed by atoms with Gasteiger partial charge in [-0.2, -0.15) is 15.0 Å². The van der Waals surface area contributed by atoms with Crippen LogP contribution in [0, 0.1) is 5.82 Å². The molecule has 0 amide bonds. The molecule has 0 saturated carbocycles. The normalized spacial score (nSPS) is 12.9. The second kappa shape index (κ2) is 6.90. The van der Waals surface area contributed by atoms with Gasteiger partial charge in [-0.15, -0.1) is 0 Å². The number of rotatable bonds is 6. The molecule has 8 heteroatoms. The Morgan fingerprint density at radius 1 is 1.00 bits per heavy atom. The number of halogens is 1. The molecule has 6 nitrogen and oxygen atoms in total. The average molecular weight is 346 g/mol. The van der Waals surface area contributed by atoms with Crippen molar-refractivity contribution in [2.45, 2.75) is 17.5 Å². The van der Waals surface area contributed by atoms with Crippen LogP contribution in [0.1, 0.15) is 11.6 Å². The lowest BCUT2D eigenvalue weighted by molar-refractivity contribution is 0.443. The Kier molecular flexibility index (Phi) is 4.68. The third-order valence-electron chi connectivity index (χ3n) is 3.44. The van der Waals surface area contributed by atoms with Crippen molar-refractivity contribution in [1.82, 2.24) is 19.7 Å². The highest BCUT2D eigenvalue weighted by molar-refractivity contribution is 7.89. The molecule has 0 radical (unpaired) electrons. The molecule has 24 heavy (non-hydrogen) atoms. The summed E-state index contributed by atoms with van der Waals surface area (Å²) in [5.41, 5.74) is 0.731. The molecule has 0 aliphatic heterocycles. The molecule has 2 aromatic carbocycles. The zero-order valence-electron chi connectivity index (χ0n) is 12.6. The van der Waals surface area contributed by atoms with Gasteiger partial charge in [-0.05, 0) is 17.7 Å². The van der Waals surface area contributed by atoms with Crippen molar-refractivity contribution in [1.29, 1.82) is 0 Å². The minimum Gasteiger partial charge on any atom is -0.207 e. The van der Waals surface area contributed by atoms with Crippen LogP contribution in [0.2, 0.25) is 0 Å². The van der Waals surface area contributed by atoms with Gasteiger partial charge < -0.3 is 0 Å². The summed E-state index contributed by atoms with van der Waals surface area (Å²) in [5.74, 6) is -0.797. The van der Waals surface area contributed by atoms with Crippen molar-refractivity contribution in [3.05, 3.63) is 78.4 Å². The lowest BCUT2D eigenvalue weighted by Crippen LogP contribution is -2.32. The monoisotopic (exact) mass is 346 g/mol. The van der Waals surface area contributed by atoms with E-state index in [-0.39, 0.29) is 11.4 Å². The number of nitrogens with zero attached hydrogens (tertiary/aromatic N) is 3. The fourth-order valence-electron chi connectivity index (χ4n) is 2.31. The first kappa shape index (κ1) is 16.3. The van der Waals surface area contributed by atoms with Crippen LogP contribution < -0.4 is 4.72 Å². The summed E-state index contributed by atoms with van der Waals surface area (Å²) in [5, 5.41) is 8.00. The van der Waals surface area contributed by atoms with Crippen LogP contribution in [0.5, 0.6) is 0 Å². The molecule has 3 rings (SSSR count). The average Bonchev–Trinajstić information content (AvgIpc) is 3.08. The van der Waals surface area contributed by atoms with Crippen molar-refractivity contribution >= 4 is 10.0 Å². The molecule has 0 bridgehead atoms. The van der Waals surface area contributed by atoms with Gasteiger partial charge in [0.1, 0.15) is 10.7 Å². The van der Waals surface area contributed by atoms with Gasteiger partial charge >= 0.3 is 0 Å². The molecule has 1 aromatic heterocycles. The zero-order chi connectivity index (χ0) is 17.0. The zero-order valence-corrected chi connectivity index (χ0v) is 13.4. The van der Waals surface area contributed by atoms with Crippen LogP contribution in [0.25, 0.3) is 0 Å². The maximum Gasteiger partial charge on any atom is 0.244 e. The molecule has 1 N–H and O–H groups in total. The number of hydrogen-bond donors (Lipinski definition) is 1. The van der Waals surface area contributed by atoms with Crippen LogP contribution >= 0.6 is 0 Å². The van der Waals surface area contributed by atoms with Crippen molar-refractivity contribution in [3.8, 4) is 0 Å². The summed E-state index contributed by atoms with van der Waals surface area (Å²) in [4.78, 5) is 0.987. The summed E-state index contributed by atoms with van der Waals surface area (Å²) < 4.78 is 41.5. The highest BCUT2D eigenvalue weighted by Gasteiger charge is 2.24. The van der Waals surface area contributed by atoms with Gasteiger partial charge in [-0.25, -0.2) is 17.5 Å². The van der Waals surface area contributed by atoms with E-state index in [1.165, 1.54) is 35.4 Å². The van der Waals surface area contributed by atoms with E-state index in [0.29, 0.717) is 0 Å². The smallest absolute Gasteiger partial charge is 0.207 e. The van der Waals surface area contributed by atoms with E-state index in [1.807, 2.05) is 6.07 Å². The molecular weight excluding hydrogens is 331 g/mol. The third kappa shape index (κ3) is 3.66. The third-order valence-corrected chi connectivity index (χ3v) is 4.94. The SMILES string of the molecule is O=S(=O)(N[C@@H](Cn1nccn1)c1ccccc1)c1ccccc1F. The van der Waals surface area contributed by atoms with Crippen LogP contribution in [0.4, 0.5) is 4.39 Å². The van der Waals surface area contributed by atoms with Gasteiger partial charge in [-0.1, -0.05) is 42.5 Å². The second-order valence-corrected chi connectivity index (χ2v) is 6.78. The van der Waals surface area contributed by atoms with Gasteiger partial charge in [0.25, 0.3) is 0 Å². The maximum atomic E-state index is 13.9. The Hall–Kier alpha value is -2.58. The van der Waals surface area contributed by atoms with E-state index >= 15 is 0 Å². The standard InChI is InChI=1S/C16H15FN4O2S/c17-14-8-4-5-9-16(14)24(22,23)20-15(12-21-18-10-11-19-21)13-6-2-1-3-7-13/h1-11,15,20H,12H2/t15-/m0/s1. The summed E-state index contributed by atoms with van der Waals surface area (Å²) in [6.45, 7) is 0.185. The Balaban J connectivity index is 1.93. The van der Waals surface area contributed by atoms with Crippen molar-refractivity contribution < 1.29 is 12.8 Å². The Bertz CT molecular complexity index is 899. The summed E-state index contributed by atoms with van der Waals surface area (Å²) in [6.07, 6.45) is 3.01. The molecule has 0 fully saturated rings. The predicted octanol–water partition coefficient (Wildman–Crippen LogP) is 2.14. The second-order valence-electron chi connectivity index (χ2n) is 5.10. The quantitative estimate of drug-likeness (QED) is 0.742. The molecule has 0 aliphatic rings. The Morgan fingerprint density at radius 3 is 2.29 bits per heavy atom. The molecule has 1 heterocycles. The van der Waals surface area contributed by atoms with Crippen molar-refractivity contribution in [2.75, 3.05) is 0 Å². The van der Waals surface area contributed by atoms with Crippen molar-refractivity contribution in [3.63, 3.8) is 0 Å². The fraction of sp³-hybridized carbons (Fsp3) is 0.125. The topological polar surface area (TPSA) is 76.9 Å². The van der Waals surface area contributed by atoms with E-state index < -0.39 is 21.9 Å². The van der Waals surface area contributed by atoms with Crippen LogP contribution in [0.15, 0.2) is 71.9 Å². The van der Waals surface area contributed by atoms with Gasteiger partial charge in [-0.3, -0.25) is 0 Å². The highest BCUT2D eigenvalue weighted by Crippen LogP contribution is 2.20. The fourth-order valence-corrected chi connectivity index (χ4v) is 3.61. The number of benzene rings is 2. The molecular formula is C16H15FN4O2S. The van der Waals surface area contributed by atoms with Gasteiger partial charge in [0.15, 0.2) is 0 Å². The van der Waals surface area contributed by atoms with Gasteiger partial charge in [0, 0.05) is 0 Å². The Morgan fingerprint density at radius 2 is 1.62 bits per heavy atom. The lowest BCUT2D eigenvalue weighted by atomic mass is 10.1.